The first-order chi connectivity index (χ1) is 16.3. The average molecular weight is 483 g/mol. The number of carbonyl (C=O) groups is 3. The van der Waals surface area contributed by atoms with Crippen molar-refractivity contribution in [2.24, 2.45) is 11.8 Å². The van der Waals surface area contributed by atoms with Gasteiger partial charge in [-0.2, -0.15) is 11.8 Å². The van der Waals surface area contributed by atoms with E-state index in [0.717, 1.165) is 16.7 Å². The number of fused-ring (bicyclic) bond motifs is 4. The SMILES string of the molecule is COc1ccc([N+](=O)[O-])cc1N1C(=O)[C@@H]2[C@H](CCSC)N[C@@]3(C(=O)Nc4ccccc43)[C@H]2C1=O. The molecule has 0 unspecified atom stereocenters. The van der Waals surface area contributed by atoms with Crippen LogP contribution in [0, 0.1) is 22.0 Å². The van der Waals surface area contributed by atoms with Crippen molar-refractivity contribution < 1.29 is 24.0 Å². The third-order valence-corrected chi connectivity index (χ3v) is 7.51. The smallest absolute Gasteiger partial charge is 0.271 e. The molecule has 0 radical (unpaired) electrons. The zero-order valence-corrected chi connectivity index (χ0v) is 19.3. The molecule has 4 atom stereocenters. The summed E-state index contributed by atoms with van der Waals surface area (Å²) in [6.07, 6.45) is 2.51. The Balaban J connectivity index is 1.67. The summed E-state index contributed by atoms with van der Waals surface area (Å²) in [5.74, 6) is -2.39. The lowest BCUT2D eigenvalue weighted by atomic mass is 9.76. The van der Waals surface area contributed by atoms with Crippen LogP contribution in [0.5, 0.6) is 5.75 Å². The summed E-state index contributed by atoms with van der Waals surface area (Å²) in [5.41, 5.74) is -0.456. The van der Waals surface area contributed by atoms with Gasteiger partial charge in [-0.1, -0.05) is 18.2 Å². The van der Waals surface area contributed by atoms with Crippen LogP contribution < -0.4 is 20.3 Å². The number of anilines is 2. The Hall–Kier alpha value is -3.44. The Morgan fingerprint density at radius 2 is 1.94 bits per heavy atom. The first-order valence-electron chi connectivity index (χ1n) is 10.7. The molecule has 1 spiro atoms. The molecule has 2 saturated heterocycles. The number of nitro groups is 1. The fourth-order valence-corrected chi connectivity index (χ4v) is 5.95. The van der Waals surface area contributed by atoms with Crippen LogP contribution in [0.3, 0.4) is 0 Å². The summed E-state index contributed by atoms with van der Waals surface area (Å²) in [7, 11) is 1.36. The van der Waals surface area contributed by atoms with E-state index in [9.17, 15) is 24.5 Å². The van der Waals surface area contributed by atoms with Gasteiger partial charge in [0, 0.05) is 29.4 Å². The largest absolute Gasteiger partial charge is 0.495 e. The van der Waals surface area contributed by atoms with Crippen LogP contribution in [0.2, 0.25) is 0 Å². The molecule has 2 aromatic rings. The maximum absolute atomic E-state index is 13.9. The van der Waals surface area contributed by atoms with Crippen LogP contribution >= 0.6 is 11.8 Å². The molecule has 34 heavy (non-hydrogen) atoms. The molecule has 2 N–H and O–H groups in total. The lowest BCUT2D eigenvalue weighted by Crippen LogP contribution is -2.53. The molecule has 11 heteroatoms. The number of amides is 3. The van der Waals surface area contributed by atoms with E-state index >= 15 is 0 Å². The predicted molar refractivity (Wildman–Crippen MR) is 126 cm³/mol. The second-order valence-electron chi connectivity index (χ2n) is 8.47. The van der Waals surface area contributed by atoms with E-state index < -0.39 is 40.2 Å². The van der Waals surface area contributed by atoms with Gasteiger partial charge in [-0.3, -0.25) is 29.8 Å². The van der Waals surface area contributed by atoms with Crippen molar-refractivity contribution in [1.82, 2.24) is 5.32 Å². The fraction of sp³-hybridized carbons (Fsp3) is 0.348. The lowest BCUT2D eigenvalue weighted by molar-refractivity contribution is -0.384. The molecule has 2 fully saturated rings. The van der Waals surface area contributed by atoms with E-state index in [4.69, 9.17) is 4.74 Å². The van der Waals surface area contributed by atoms with Crippen molar-refractivity contribution in [3.05, 3.63) is 58.1 Å². The van der Waals surface area contributed by atoms with Crippen molar-refractivity contribution in [2.45, 2.75) is 18.0 Å². The van der Waals surface area contributed by atoms with E-state index in [1.165, 1.54) is 19.2 Å². The number of hydrogen-bond acceptors (Lipinski definition) is 8. The highest BCUT2D eigenvalue weighted by atomic mass is 32.2. The van der Waals surface area contributed by atoms with Crippen LogP contribution in [0.1, 0.15) is 12.0 Å². The van der Waals surface area contributed by atoms with Gasteiger partial charge in [0.2, 0.25) is 17.7 Å². The fourth-order valence-electron chi connectivity index (χ4n) is 5.46. The minimum atomic E-state index is -1.40. The first-order valence-corrected chi connectivity index (χ1v) is 12.1. The number of non-ortho nitro benzene ring substituents is 1. The summed E-state index contributed by atoms with van der Waals surface area (Å²) in [5, 5.41) is 17.6. The number of ether oxygens (including phenoxy) is 1. The number of nitrogens with one attached hydrogen (secondary N) is 2. The van der Waals surface area contributed by atoms with E-state index in [1.54, 1.807) is 36.0 Å². The van der Waals surface area contributed by atoms with E-state index in [2.05, 4.69) is 10.6 Å². The average Bonchev–Trinajstić information content (AvgIpc) is 3.41. The summed E-state index contributed by atoms with van der Waals surface area (Å²) in [6.45, 7) is 0. The zero-order valence-electron chi connectivity index (χ0n) is 18.4. The van der Waals surface area contributed by atoms with Crippen LogP contribution in [-0.4, -0.2) is 47.8 Å². The van der Waals surface area contributed by atoms with E-state index in [0.29, 0.717) is 17.7 Å². The number of methoxy groups -OCH3 is 1. The molecule has 0 aromatic heterocycles. The van der Waals surface area contributed by atoms with Crippen molar-refractivity contribution in [3.63, 3.8) is 0 Å². The maximum Gasteiger partial charge on any atom is 0.271 e. The molecule has 10 nitrogen and oxygen atoms in total. The number of carbonyl (C=O) groups excluding carboxylic acids is 3. The Kier molecular flexibility index (Phi) is 5.33. The topological polar surface area (TPSA) is 131 Å². The molecule has 5 rings (SSSR count). The van der Waals surface area contributed by atoms with Gasteiger partial charge in [-0.05, 0) is 30.6 Å². The van der Waals surface area contributed by atoms with Gasteiger partial charge < -0.3 is 10.1 Å². The Bertz CT molecular complexity index is 1240. The Morgan fingerprint density at radius 3 is 2.65 bits per heavy atom. The normalized spacial score (nSPS) is 27.2. The highest BCUT2D eigenvalue weighted by Crippen LogP contribution is 2.54. The van der Waals surface area contributed by atoms with Crippen LogP contribution in [0.25, 0.3) is 0 Å². The second kappa shape index (κ2) is 8.10. The minimum Gasteiger partial charge on any atom is -0.495 e. The number of rotatable bonds is 6. The van der Waals surface area contributed by atoms with Crippen LogP contribution in [0.4, 0.5) is 17.1 Å². The van der Waals surface area contributed by atoms with Gasteiger partial charge in [0.15, 0.2) is 0 Å². The van der Waals surface area contributed by atoms with Gasteiger partial charge in [-0.25, -0.2) is 4.90 Å². The van der Waals surface area contributed by atoms with Crippen LogP contribution in [-0.2, 0) is 19.9 Å². The number of para-hydroxylation sites is 1. The van der Waals surface area contributed by atoms with Gasteiger partial charge in [0.05, 0.1) is 23.9 Å². The van der Waals surface area contributed by atoms with Crippen LogP contribution in [0.15, 0.2) is 42.5 Å². The third kappa shape index (κ3) is 2.96. The molecular weight excluding hydrogens is 460 g/mol. The summed E-state index contributed by atoms with van der Waals surface area (Å²) in [6, 6.07) is 10.5. The molecule has 176 valence electrons. The van der Waals surface area contributed by atoms with Crippen molar-refractivity contribution in [1.29, 1.82) is 0 Å². The van der Waals surface area contributed by atoms with Gasteiger partial charge in [0.25, 0.3) is 5.69 Å². The Morgan fingerprint density at radius 1 is 1.18 bits per heavy atom. The molecule has 3 heterocycles. The molecule has 2 aromatic carbocycles. The highest BCUT2D eigenvalue weighted by Gasteiger charge is 2.70. The van der Waals surface area contributed by atoms with Crippen molar-refractivity contribution >= 4 is 46.5 Å². The third-order valence-electron chi connectivity index (χ3n) is 6.87. The number of nitrogens with zero attached hydrogens (tertiary/aromatic N) is 2. The number of benzene rings is 2. The first kappa shape index (κ1) is 22.4. The highest BCUT2D eigenvalue weighted by molar-refractivity contribution is 7.98. The Labute approximate surface area is 199 Å². The summed E-state index contributed by atoms with van der Waals surface area (Å²) < 4.78 is 5.33. The monoisotopic (exact) mass is 482 g/mol. The number of thioether (sulfide) groups is 1. The molecule has 3 amide bonds. The van der Waals surface area contributed by atoms with Gasteiger partial charge in [0.1, 0.15) is 17.0 Å². The van der Waals surface area contributed by atoms with Crippen molar-refractivity contribution in [3.8, 4) is 5.75 Å². The molecule has 3 aliphatic rings. The number of imide groups is 1. The van der Waals surface area contributed by atoms with E-state index in [-0.39, 0.29) is 23.0 Å². The summed E-state index contributed by atoms with van der Waals surface area (Å²) >= 11 is 1.61. The van der Waals surface area contributed by atoms with Gasteiger partial charge in [-0.15, -0.1) is 0 Å². The lowest BCUT2D eigenvalue weighted by Gasteiger charge is -2.29. The summed E-state index contributed by atoms with van der Waals surface area (Å²) in [4.78, 5) is 52.9. The molecule has 0 saturated carbocycles. The number of hydrogen-bond donors (Lipinski definition) is 2. The predicted octanol–water partition coefficient (Wildman–Crippen LogP) is 2.28. The molecular formula is C23H22N4O6S. The van der Waals surface area contributed by atoms with E-state index in [1.807, 2.05) is 6.26 Å². The standard InChI is InChI=1S/C23H22N4O6S/c1-33-17-8-7-12(27(31)32)11-16(17)26-20(28)18-15(9-10-34-2)25-23(19(18)21(26)29)13-5-3-4-6-14(13)24-22(23)30/h3-8,11,15,18-19,25H,9-10H2,1-2H3,(H,24,30)/t15-,18+,19+,23+/m0/s1. The second-order valence-corrected chi connectivity index (χ2v) is 9.45. The molecule has 0 aliphatic carbocycles. The van der Waals surface area contributed by atoms with Gasteiger partial charge >= 0.3 is 0 Å². The maximum atomic E-state index is 13.9. The minimum absolute atomic E-state index is 0.00607. The van der Waals surface area contributed by atoms with Crippen molar-refractivity contribution in [2.75, 3.05) is 29.3 Å². The molecule has 0 bridgehead atoms. The quantitative estimate of drug-likeness (QED) is 0.364. The molecule has 3 aliphatic heterocycles. The zero-order chi connectivity index (χ0) is 24.2. The number of nitro benzene ring substituents is 1.